The van der Waals surface area contributed by atoms with Crippen LogP contribution in [0.25, 0.3) is 11.2 Å². The fourth-order valence-corrected chi connectivity index (χ4v) is 6.90. The summed E-state index contributed by atoms with van der Waals surface area (Å²) in [7, 11) is -3.22. The summed E-state index contributed by atoms with van der Waals surface area (Å²) < 4.78 is 28.7. The van der Waals surface area contributed by atoms with E-state index in [0.717, 1.165) is 67.4 Å². The first-order chi connectivity index (χ1) is 18.5. The molecule has 2 aliphatic heterocycles. The maximum atomic E-state index is 12.0. The van der Waals surface area contributed by atoms with Crippen LogP contribution in [0.2, 0.25) is 10.0 Å². The molecule has 39 heavy (non-hydrogen) atoms. The van der Waals surface area contributed by atoms with Crippen LogP contribution in [0.1, 0.15) is 50.9 Å². The summed E-state index contributed by atoms with van der Waals surface area (Å²) in [5.74, 6) is 2.06. The molecule has 5 rings (SSSR count). The van der Waals surface area contributed by atoms with Crippen LogP contribution in [0.15, 0.2) is 24.4 Å². The van der Waals surface area contributed by atoms with Crippen molar-refractivity contribution >= 4 is 50.2 Å². The molecule has 212 valence electrons. The normalized spacial score (nSPS) is 20.1. The lowest BCUT2D eigenvalue weighted by Crippen LogP contribution is -2.54. The van der Waals surface area contributed by atoms with Crippen molar-refractivity contribution in [3.63, 3.8) is 0 Å². The van der Waals surface area contributed by atoms with Gasteiger partial charge in [0.15, 0.2) is 5.65 Å². The summed E-state index contributed by atoms with van der Waals surface area (Å²) in [6, 6.07) is 5.40. The first-order valence-corrected chi connectivity index (χ1v) is 16.0. The van der Waals surface area contributed by atoms with E-state index in [1.165, 1.54) is 6.42 Å². The molecule has 0 spiro atoms. The molecule has 2 fully saturated rings. The number of halogens is 2. The van der Waals surface area contributed by atoms with E-state index in [-0.39, 0.29) is 6.04 Å². The average Bonchev–Trinajstić information content (AvgIpc) is 3.19. The Morgan fingerprint density at radius 2 is 1.90 bits per heavy atom. The van der Waals surface area contributed by atoms with Crippen LogP contribution in [-0.2, 0) is 10.0 Å². The van der Waals surface area contributed by atoms with E-state index in [4.69, 9.17) is 38.3 Å². The lowest BCUT2D eigenvalue weighted by atomic mass is 9.80. The minimum absolute atomic E-state index is 0.127. The zero-order valence-corrected chi connectivity index (χ0v) is 25.3. The minimum Gasteiger partial charge on any atom is -0.355 e. The molecule has 0 radical (unpaired) electrons. The van der Waals surface area contributed by atoms with Gasteiger partial charge in [0.25, 0.3) is 0 Å². The number of hydrogen-bond acceptors (Lipinski definition) is 7. The van der Waals surface area contributed by atoms with Gasteiger partial charge in [-0.2, -0.15) is 5.10 Å². The van der Waals surface area contributed by atoms with Gasteiger partial charge < -0.3 is 9.80 Å². The highest BCUT2D eigenvalue weighted by molar-refractivity contribution is 7.90. The smallest absolute Gasteiger partial charge is 0.213 e. The Labute approximate surface area is 240 Å². The predicted octanol–water partition coefficient (Wildman–Crippen LogP) is 4.53. The van der Waals surface area contributed by atoms with Crippen molar-refractivity contribution in [3.05, 3.63) is 45.7 Å². The number of hydrogen-bond donors (Lipinski definition) is 1. The monoisotopic (exact) mass is 593 g/mol. The Bertz CT molecular complexity index is 1440. The first-order valence-electron chi connectivity index (χ1n) is 13.7. The second-order valence-corrected chi connectivity index (χ2v) is 14.3. The standard InChI is InChI=1S/C27H37Cl2N7O2S/c1-17(2)39(37,38)31-9-11-34-10-5-6-20(14-34)21-15-35(16-21)25-13-30-26-18(3)33-36(27(26)32-25)19(4)23-8-7-22(28)12-24(23)29/h7-8,12-13,17,19-21,31H,5-6,9-11,14-16H2,1-4H3/t19?,20-/m0/s1. The van der Waals surface area contributed by atoms with Crippen LogP contribution in [0.5, 0.6) is 0 Å². The molecule has 12 heteroatoms. The Morgan fingerprint density at radius 1 is 1.13 bits per heavy atom. The zero-order chi connectivity index (χ0) is 27.9. The van der Waals surface area contributed by atoms with E-state index < -0.39 is 15.3 Å². The second-order valence-electron chi connectivity index (χ2n) is 11.1. The Morgan fingerprint density at radius 3 is 2.62 bits per heavy atom. The molecular formula is C27H37Cl2N7O2S. The van der Waals surface area contributed by atoms with E-state index in [1.807, 2.05) is 29.9 Å². The summed E-state index contributed by atoms with van der Waals surface area (Å²) in [5.41, 5.74) is 3.31. The van der Waals surface area contributed by atoms with Gasteiger partial charge in [-0.3, -0.25) is 0 Å². The molecular weight excluding hydrogens is 557 g/mol. The predicted molar refractivity (Wildman–Crippen MR) is 157 cm³/mol. The van der Waals surface area contributed by atoms with Gasteiger partial charge in [-0.15, -0.1) is 0 Å². The Kier molecular flexibility index (Phi) is 8.41. The fourth-order valence-electron chi connectivity index (χ4n) is 5.63. The quantitative estimate of drug-likeness (QED) is 0.389. The number of aromatic nitrogens is 4. The van der Waals surface area contributed by atoms with E-state index >= 15 is 0 Å². The minimum atomic E-state index is -3.22. The van der Waals surface area contributed by atoms with Crippen LogP contribution in [0, 0.1) is 18.8 Å². The maximum Gasteiger partial charge on any atom is 0.213 e. The van der Waals surface area contributed by atoms with Crippen LogP contribution in [0.3, 0.4) is 0 Å². The Hall–Kier alpha value is -1.98. The number of anilines is 1. The molecule has 0 saturated carbocycles. The van der Waals surface area contributed by atoms with Crippen molar-refractivity contribution in [2.24, 2.45) is 11.8 Å². The number of rotatable bonds is 9. The molecule has 2 saturated heterocycles. The number of nitrogens with one attached hydrogen (secondary N) is 1. The second kappa shape index (κ2) is 11.5. The molecule has 2 aromatic heterocycles. The van der Waals surface area contributed by atoms with Gasteiger partial charge in [-0.25, -0.2) is 27.8 Å². The van der Waals surface area contributed by atoms with E-state index in [1.54, 1.807) is 19.9 Å². The van der Waals surface area contributed by atoms with Crippen molar-refractivity contribution in [1.29, 1.82) is 0 Å². The molecule has 1 unspecified atom stereocenters. The third-order valence-electron chi connectivity index (χ3n) is 8.13. The molecule has 0 aliphatic carbocycles. The van der Waals surface area contributed by atoms with Crippen LogP contribution < -0.4 is 9.62 Å². The number of sulfonamides is 1. The topological polar surface area (TPSA) is 96.3 Å². The van der Waals surface area contributed by atoms with Gasteiger partial charge in [0.2, 0.25) is 10.0 Å². The van der Waals surface area contributed by atoms with Crippen molar-refractivity contribution in [1.82, 2.24) is 29.4 Å². The summed E-state index contributed by atoms with van der Waals surface area (Å²) in [6.45, 7) is 12.6. The van der Waals surface area contributed by atoms with Crippen molar-refractivity contribution in [2.75, 3.05) is 44.2 Å². The number of fused-ring (bicyclic) bond motifs is 1. The first kappa shape index (κ1) is 28.5. The van der Waals surface area contributed by atoms with Gasteiger partial charge in [-0.1, -0.05) is 29.3 Å². The maximum absolute atomic E-state index is 12.0. The third-order valence-corrected chi connectivity index (χ3v) is 10.5. The molecule has 2 atom stereocenters. The highest BCUT2D eigenvalue weighted by Crippen LogP contribution is 2.35. The summed E-state index contributed by atoms with van der Waals surface area (Å²) in [5, 5.41) is 5.55. The SMILES string of the molecule is Cc1nn(C(C)c2ccc(Cl)cc2Cl)c2nc(N3CC([C@H]4CCCN(CCNS(=O)(=O)C(C)C)C4)C3)cnc12. The largest absolute Gasteiger partial charge is 0.355 e. The Balaban J connectivity index is 1.23. The molecule has 9 nitrogen and oxygen atoms in total. The molecule has 2 aliphatic rings. The van der Waals surface area contributed by atoms with Crippen LogP contribution >= 0.6 is 23.2 Å². The third kappa shape index (κ3) is 6.05. The molecule has 4 heterocycles. The average molecular weight is 595 g/mol. The highest BCUT2D eigenvalue weighted by atomic mass is 35.5. The van der Waals surface area contributed by atoms with Gasteiger partial charge in [0.05, 0.1) is 23.2 Å². The highest BCUT2D eigenvalue weighted by Gasteiger charge is 2.36. The van der Waals surface area contributed by atoms with Crippen LogP contribution in [-0.4, -0.2) is 77.6 Å². The van der Waals surface area contributed by atoms with Crippen LogP contribution in [0.4, 0.5) is 5.82 Å². The number of benzene rings is 1. The fraction of sp³-hybridized carbons (Fsp3) is 0.593. The van der Waals surface area contributed by atoms with Gasteiger partial charge >= 0.3 is 0 Å². The van der Waals surface area contributed by atoms with Crippen molar-refractivity contribution in [3.8, 4) is 0 Å². The summed E-state index contributed by atoms with van der Waals surface area (Å²) in [6.07, 6.45) is 4.21. The summed E-state index contributed by atoms with van der Waals surface area (Å²) in [4.78, 5) is 14.4. The van der Waals surface area contributed by atoms with E-state index in [0.29, 0.717) is 28.4 Å². The van der Waals surface area contributed by atoms with Crippen molar-refractivity contribution in [2.45, 2.75) is 51.8 Å². The lowest BCUT2D eigenvalue weighted by Gasteiger charge is -2.47. The number of nitrogens with zero attached hydrogens (tertiary/aromatic N) is 6. The summed E-state index contributed by atoms with van der Waals surface area (Å²) >= 11 is 12.6. The number of aryl methyl sites for hydroxylation is 1. The molecule has 3 aromatic rings. The van der Waals surface area contributed by atoms with Gasteiger partial charge in [0, 0.05) is 42.8 Å². The van der Waals surface area contributed by atoms with E-state index in [2.05, 4.69) is 21.4 Å². The number of likely N-dealkylation sites (tertiary alicyclic amines) is 1. The molecule has 1 N–H and O–H groups in total. The van der Waals surface area contributed by atoms with Gasteiger partial charge in [-0.05, 0) is 76.6 Å². The van der Waals surface area contributed by atoms with E-state index in [9.17, 15) is 8.42 Å². The molecule has 0 bridgehead atoms. The lowest BCUT2D eigenvalue weighted by molar-refractivity contribution is 0.121. The number of piperidine rings is 1. The van der Waals surface area contributed by atoms with Gasteiger partial charge in [0.1, 0.15) is 11.3 Å². The molecule has 0 amide bonds. The molecule has 1 aromatic carbocycles. The zero-order valence-electron chi connectivity index (χ0n) is 22.9. The van der Waals surface area contributed by atoms with Crippen molar-refractivity contribution < 1.29 is 8.42 Å².